The van der Waals surface area contributed by atoms with Crippen LogP contribution in [0.15, 0.2) is 61.2 Å². The molecule has 1 fully saturated rings. The molecule has 0 bridgehead atoms. The van der Waals surface area contributed by atoms with Crippen LogP contribution in [-0.4, -0.2) is 23.8 Å². The lowest BCUT2D eigenvalue weighted by Gasteiger charge is -2.35. The van der Waals surface area contributed by atoms with Crippen molar-refractivity contribution < 1.29 is 4.79 Å². The van der Waals surface area contributed by atoms with Gasteiger partial charge in [-0.05, 0) is 25.3 Å². The van der Waals surface area contributed by atoms with Crippen LogP contribution >= 0.6 is 0 Å². The molecule has 2 nitrogen and oxygen atoms in total. The Balaban J connectivity index is 1.72. The lowest BCUT2D eigenvalue weighted by atomic mass is 9.89. The molecule has 0 N–H and O–H groups in total. The number of hydrogen-bond donors (Lipinski definition) is 0. The normalized spacial score (nSPS) is 17.8. The summed E-state index contributed by atoms with van der Waals surface area (Å²) in [5.41, 5.74) is 4.23. The minimum Gasteiger partial charge on any atom is -0.371 e. The van der Waals surface area contributed by atoms with Crippen LogP contribution in [0.1, 0.15) is 34.3 Å². The molecule has 0 spiro atoms. The highest BCUT2D eigenvalue weighted by Gasteiger charge is 2.27. The predicted octanol–water partition coefficient (Wildman–Crippen LogP) is 4.56. The number of benzene rings is 2. The first-order valence-electron chi connectivity index (χ1n) is 8.25. The van der Waals surface area contributed by atoms with Crippen LogP contribution in [0.3, 0.4) is 0 Å². The van der Waals surface area contributed by atoms with E-state index >= 15 is 0 Å². The lowest BCUT2D eigenvalue weighted by molar-refractivity contribution is 0.0862. The Kier molecular flexibility index (Phi) is 4.61. The van der Waals surface area contributed by atoms with Crippen molar-refractivity contribution in [3.05, 3.63) is 77.9 Å². The maximum absolute atomic E-state index is 12.7. The highest BCUT2D eigenvalue weighted by Crippen LogP contribution is 2.27. The number of aryl methyl sites for hydroxylation is 1. The number of nitrogens with zero attached hydrogens (tertiary/aromatic N) is 1. The number of carbonyl (C=O) groups excluding carboxylic acids is 1. The average molecular weight is 305 g/mol. The van der Waals surface area contributed by atoms with Crippen LogP contribution in [0.2, 0.25) is 0 Å². The van der Waals surface area contributed by atoms with Gasteiger partial charge in [-0.25, -0.2) is 0 Å². The van der Waals surface area contributed by atoms with Crippen molar-refractivity contribution >= 4 is 11.5 Å². The van der Waals surface area contributed by atoms with Gasteiger partial charge < -0.3 is 4.90 Å². The molecule has 23 heavy (non-hydrogen) atoms. The maximum Gasteiger partial charge on any atom is 0.167 e. The van der Waals surface area contributed by atoms with Crippen LogP contribution in [0.4, 0.5) is 0 Å². The van der Waals surface area contributed by atoms with Crippen molar-refractivity contribution in [2.24, 2.45) is 5.92 Å². The molecule has 2 aromatic carbocycles. The van der Waals surface area contributed by atoms with Crippen molar-refractivity contribution in [1.82, 2.24) is 4.90 Å². The van der Waals surface area contributed by atoms with Crippen molar-refractivity contribution in [3.63, 3.8) is 0 Å². The van der Waals surface area contributed by atoms with E-state index in [-0.39, 0.29) is 11.7 Å². The Morgan fingerprint density at radius 1 is 1.04 bits per heavy atom. The highest BCUT2D eigenvalue weighted by atomic mass is 16.1. The van der Waals surface area contributed by atoms with Gasteiger partial charge in [-0.3, -0.25) is 4.79 Å². The van der Waals surface area contributed by atoms with Crippen LogP contribution < -0.4 is 0 Å². The second-order valence-corrected chi connectivity index (χ2v) is 6.33. The molecule has 1 heterocycles. The molecule has 3 rings (SSSR count). The van der Waals surface area contributed by atoms with Gasteiger partial charge in [0, 0.05) is 30.3 Å². The molecular formula is C21H23NO. The predicted molar refractivity (Wildman–Crippen MR) is 95.3 cm³/mol. The molecule has 1 aliphatic rings. The van der Waals surface area contributed by atoms with Gasteiger partial charge in [0.1, 0.15) is 0 Å². The van der Waals surface area contributed by atoms with E-state index in [2.05, 4.69) is 42.7 Å². The fraction of sp³-hybridized carbons (Fsp3) is 0.286. The molecule has 0 amide bonds. The molecule has 0 radical (unpaired) electrons. The smallest absolute Gasteiger partial charge is 0.167 e. The van der Waals surface area contributed by atoms with Gasteiger partial charge in [0.2, 0.25) is 0 Å². The van der Waals surface area contributed by atoms with Gasteiger partial charge in [0.15, 0.2) is 5.78 Å². The maximum atomic E-state index is 12.7. The van der Waals surface area contributed by atoms with E-state index in [1.165, 1.54) is 5.56 Å². The van der Waals surface area contributed by atoms with Crippen LogP contribution in [0, 0.1) is 12.8 Å². The molecule has 0 aromatic heterocycles. The summed E-state index contributed by atoms with van der Waals surface area (Å²) >= 11 is 0. The van der Waals surface area contributed by atoms with E-state index in [0.717, 1.165) is 42.8 Å². The van der Waals surface area contributed by atoms with Crippen LogP contribution in [-0.2, 0) is 0 Å². The summed E-state index contributed by atoms with van der Waals surface area (Å²) in [4.78, 5) is 15.0. The standard InChI is InChI=1S/C21H23NO/c1-16-10-12-18(13-11-16)17(2)22-14-6-9-20(15-22)21(23)19-7-4-3-5-8-19/h3-5,7-8,10-13,20H,2,6,9,14-15H2,1H3. The Morgan fingerprint density at radius 2 is 1.74 bits per heavy atom. The third-order valence-corrected chi connectivity index (χ3v) is 4.62. The average Bonchev–Trinajstić information content (AvgIpc) is 2.62. The summed E-state index contributed by atoms with van der Waals surface area (Å²) in [6.45, 7) is 8.09. The van der Waals surface area contributed by atoms with E-state index in [9.17, 15) is 4.79 Å². The number of Topliss-reactive ketones (excluding diaryl/α,β-unsaturated/α-hetero) is 1. The zero-order valence-corrected chi connectivity index (χ0v) is 13.7. The second kappa shape index (κ2) is 6.82. The van der Waals surface area contributed by atoms with E-state index in [1.807, 2.05) is 30.3 Å². The topological polar surface area (TPSA) is 20.3 Å². The molecule has 1 aliphatic heterocycles. The number of piperidine rings is 1. The lowest BCUT2D eigenvalue weighted by Crippen LogP contribution is -2.37. The third kappa shape index (κ3) is 3.53. The second-order valence-electron chi connectivity index (χ2n) is 6.33. The zero-order valence-electron chi connectivity index (χ0n) is 13.7. The fourth-order valence-electron chi connectivity index (χ4n) is 3.20. The van der Waals surface area contributed by atoms with Gasteiger partial charge in [0.25, 0.3) is 0 Å². The van der Waals surface area contributed by atoms with Crippen molar-refractivity contribution in [2.75, 3.05) is 13.1 Å². The quantitative estimate of drug-likeness (QED) is 0.772. The summed E-state index contributed by atoms with van der Waals surface area (Å²) in [5.74, 6) is 0.320. The SMILES string of the molecule is C=C(c1ccc(C)cc1)N1CCCC(C(=O)c2ccccc2)C1. The van der Waals surface area contributed by atoms with E-state index in [4.69, 9.17) is 0 Å². The van der Waals surface area contributed by atoms with E-state index in [0.29, 0.717) is 0 Å². The Hall–Kier alpha value is -2.35. The Bertz CT molecular complexity index is 688. The zero-order chi connectivity index (χ0) is 16.2. The van der Waals surface area contributed by atoms with Crippen molar-refractivity contribution in [2.45, 2.75) is 19.8 Å². The fourth-order valence-corrected chi connectivity index (χ4v) is 3.20. The summed E-state index contributed by atoms with van der Waals surface area (Å²) in [7, 11) is 0. The summed E-state index contributed by atoms with van der Waals surface area (Å²) in [5, 5.41) is 0. The van der Waals surface area contributed by atoms with Gasteiger partial charge in [-0.15, -0.1) is 0 Å². The minimum absolute atomic E-state index is 0.0633. The number of likely N-dealkylation sites (tertiary alicyclic amines) is 1. The highest BCUT2D eigenvalue weighted by molar-refractivity contribution is 5.98. The van der Waals surface area contributed by atoms with Gasteiger partial charge in [-0.1, -0.05) is 66.7 Å². The molecule has 0 saturated carbocycles. The number of carbonyl (C=O) groups is 1. The van der Waals surface area contributed by atoms with Crippen molar-refractivity contribution in [3.8, 4) is 0 Å². The summed E-state index contributed by atoms with van der Waals surface area (Å²) in [6.07, 6.45) is 2.00. The number of hydrogen-bond acceptors (Lipinski definition) is 2. The van der Waals surface area contributed by atoms with Gasteiger partial charge in [-0.2, -0.15) is 0 Å². The molecule has 118 valence electrons. The third-order valence-electron chi connectivity index (χ3n) is 4.62. The first-order chi connectivity index (χ1) is 11.1. The van der Waals surface area contributed by atoms with E-state index in [1.54, 1.807) is 0 Å². The monoisotopic (exact) mass is 305 g/mol. The minimum atomic E-state index is 0.0633. The molecule has 1 saturated heterocycles. The summed E-state index contributed by atoms with van der Waals surface area (Å²) in [6, 6.07) is 18.1. The first kappa shape index (κ1) is 15.5. The molecule has 2 aromatic rings. The molecule has 1 unspecified atom stereocenters. The number of ketones is 1. The molecule has 0 aliphatic carbocycles. The van der Waals surface area contributed by atoms with Gasteiger partial charge in [0.05, 0.1) is 0 Å². The van der Waals surface area contributed by atoms with Crippen molar-refractivity contribution in [1.29, 1.82) is 0 Å². The number of rotatable bonds is 4. The van der Waals surface area contributed by atoms with E-state index < -0.39 is 0 Å². The Morgan fingerprint density at radius 3 is 2.43 bits per heavy atom. The largest absolute Gasteiger partial charge is 0.371 e. The molecular weight excluding hydrogens is 282 g/mol. The molecule has 2 heteroatoms. The summed E-state index contributed by atoms with van der Waals surface area (Å²) < 4.78 is 0. The van der Waals surface area contributed by atoms with Crippen LogP contribution in [0.5, 0.6) is 0 Å². The van der Waals surface area contributed by atoms with Crippen LogP contribution in [0.25, 0.3) is 5.70 Å². The van der Waals surface area contributed by atoms with Gasteiger partial charge >= 0.3 is 0 Å². The first-order valence-corrected chi connectivity index (χ1v) is 8.25. The Labute approximate surface area is 138 Å². The molecule has 1 atom stereocenters.